The quantitative estimate of drug-likeness (QED) is 0.883. The van der Waals surface area contributed by atoms with Gasteiger partial charge in [0.05, 0.1) is 6.54 Å². The summed E-state index contributed by atoms with van der Waals surface area (Å²) in [5, 5.41) is 11.4. The molecule has 0 radical (unpaired) electrons. The molecule has 1 aliphatic heterocycles. The zero-order valence-corrected chi connectivity index (χ0v) is 11.8. The van der Waals surface area contributed by atoms with E-state index in [1.165, 1.54) is 12.1 Å². The molecule has 6 nitrogen and oxygen atoms in total. The molecule has 2 N–H and O–H groups in total. The average Bonchev–Trinajstić information content (AvgIpc) is 2.43. The van der Waals surface area contributed by atoms with Gasteiger partial charge in [-0.15, -0.1) is 0 Å². The van der Waals surface area contributed by atoms with Crippen molar-refractivity contribution in [1.29, 1.82) is 0 Å². The summed E-state index contributed by atoms with van der Waals surface area (Å²) in [6.07, 6.45) is 0. The minimum atomic E-state index is -0.872. The van der Waals surface area contributed by atoms with E-state index >= 15 is 0 Å². The summed E-state index contributed by atoms with van der Waals surface area (Å²) in [7, 11) is 0. The smallest absolute Gasteiger partial charge is 0.321 e. The number of carbonyl (C=O) groups is 2. The lowest BCUT2D eigenvalue weighted by atomic mass is 10.2. The highest BCUT2D eigenvalue weighted by atomic mass is 19.1. The number of anilines is 1. The molecule has 0 aromatic heterocycles. The van der Waals surface area contributed by atoms with Crippen molar-refractivity contribution in [3.63, 3.8) is 0 Å². The van der Waals surface area contributed by atoms with Crippen LogP contribution in [-0.4, -0.2) is 59.6 Å². The third kappa shape index (κ3) is 4.16. The van der Waals surface area contributed by atoms with Crippen molar-refractivity contribution >= 4 is 17.7 Å². The maximum absolute atomic E-state index is 13.2. The molecule has 1 aromatic rings. The molecule has 1 aliphatic rings. The Morgan fingerprint density at radius 3 is 2.57 bits per heavy atom. The van der Waals surface area contributed by atoms with Crippen molar-refractivity contribution < 1.29 is 19.1 Å². The molecule has 1 aromatic carbocycles. The molecule has 21 heavy (non-hydrogen) atoms. The summed E-state index contributed by atoms with van der Waals surface area (Å²) >= 11 is 0. The molecule has 2 amide bonds. The van der Waals surface area contributed by atoms with Crippen LogP contribution in [0.4, 0.5) is 14.9 Å². The fourth-order valence-electron chi connectivity index (χ4n) is 2.22. The van der Waals surface area contributed by atoms with Gasteiger partial charge in [-0.25, -0.2) is 9.18 Å². The fraction of sp³-hybridized carbons (Fsp3) is 0.429. The number of urea groups is 1. The Morgan fingerprint density at radius 1 is 1.29 bits per heavy atom. The Balaban J connectivity index is 1.90. The number of hydrogen-bond acceptors (Lipinski definition) is 3. The largest absolute Gasteiger partial charge is 0.480 e. The number of carboxylic acid groups (broad SMARTS) is 1. The van der Waals surface area contributed by atoms with Crippen LogP contribution in [0.5, 0.6) is 0 Å². The number of benzene rings is 1. The second-order valence-electron chi connectivity index (χ2n) is 5.05. The van der Waals surface area contributed by atoms with Crippen molar-refractivity contribution in [3.05, 3.63) is 29.6 Å². The number of amides is 2. The molecule has 0 bridgehead atoms. The SMILES string of the molecule is Cc1ccc(F)cc1NC(=O)N1CCN(CC(=O)O)CC1. The Morgan fingerprint density at radius 2 is 1.95 bits per heavy atom. The minimum Gasteiger partial charge on any atom is -0.480 e. The summed E-state index contributed by atoms with van der Waals surface area (Å²) < 4.78 is 13.2. The number of nitrogens with one attached hydrogen (secondary N) is 1. The Labute approximate surface area is 122 Å². The minimum absolute atomic E-state index is 0.0154. The standard InChI is InChI=1S/C14H18FN3O3/c1-10-2-3-11(15)8-12(10)16-14(21)18-6-4-17(5-7-18)9-13(19)20/h2-3,8H,4-7,9H2,1H3,(H,16,21)(H,19,20). The molecule has 114 valence electrons. The van der Waals surface area contributed by atoms with Gasteiger partial charge in [0.1, 0.15) is 5.82 Å². The normalized spacial score (nSPS) is 15.8. The van der Waals surface area contributed by atoms with Crippen LogP contribution in [0.3, 0.4) is 0 Å². The van der Waals surface area contributed by atoms with E-state index in [-0.39, 0.29) is 12.6 Å². The van der Waals surface area contributed by atoms with E-state index in [0.29, 0.717) is 31.9 Å². The summed E-state index contributed by atoms with van der Waals surface area (Å²) in [6, 6.07) is 3.94. The first-order chi connectivity index (χ1) is 9.95. The van der Waals surface area contributed by atoms with Gasteiger partial charge in [0.2, 0.25) is 0 Å². The third-order valence-corrected chi connectivity index (χ3v) is 3.46. The summed E-state index contributed by atoms with van der Waals surface area (Å²) in [4.78, 5) is 26.1. The molecule has 1 heterocycles. The molecule has 1 fully saturated rings. The van der Waals surface area contributed by atoms with E-state index in [2.05, 4.69) is 5.32 Å². The lowest BCUT2D eigenvalue weighted by Crippen LogP contribution is -2.51. The van der Waals surface area contributed by atoms with Gasteiger partial charge in [0, 0.05) is 31.9 Å². The molecular formula is C14H18FN3O3. The number of piperazine rings is 1. The van der Waals surface area contributed by atoms with Crippen LogP contribution in [0.2, 0.25) is 0 Å². The predicted molar refractivity (Wildman–Crippen MR) is 75.8 cm³/mol. The molecule has 1 saturated heterocycles. The van der Waals surface area contributed by atoms with Gasteiger partial charge in [-0.1, -0.05) is 6.07 Å². The fourth-order valence-corrected chi connectivity index (χ4v) is 2.22. The van der Waals surface area contributed by atoms with E-state index in [9.17, 15) is 14.0 Å². The molecule has 0 spiro atoms. The number of aryl methyl sites for hydroxylation is 1. The second kappa shape index (κ2) is 6.53. The van der Waals surface area contributed by atoms with Crippen LogP contribution in [0.25, 0.3) is 0 Å². The van der Waals surface area contributed by atoms with Gasteiger partial charge in [-0.3, -0.25) is 9.69 Å². The van der Waals surface area contributed by atoms with Crippen molar-refractivity contribution in [3.8, 4) is 0 Å². The van der Waals surface area contributed by atoms with E-state index in [4.69, 9.17) is 5.11 Å². The van der Waals surface area contributed by atoms with Crippen molar-refractivity contribution in [2.24, 2.45) is 0 Å². The Bertz CT molecular complexity index is 542. The zero-order valence-electron chi connectivity index (χ0n) is 11.8. The van der Waals surface area contributed by atoms with Crippen LogP contribution in [0.15, 0.2) is 18.2 Å². The zero-order chi connectivity index (χ0) is 15.4. The molecule has 2 rings (SSSR count). The van der Waals surface area contributed by atoms with Crippen molar-refractivity contribution in [2.75, 3.05) is 38.0 Å². The highest BCUT2D eigenvalue weighted by Gasteiger charge is 2.22. The van der Waals surface area contributed by atoms with E-state index in [1.54, 1.807) is 22.8 Å². The summed E-state index contributed by atoms with van der Waals surface area (Å²) in [5.74, 6) is -1.27. The van der Waals surface area contributed by atoms with Crippen LogP contribution >= 0.6 is 0 Å². The lowest BCUT2D eigenvalue weighted by Gasteiger charge is -2.33. The first-order valence-corrected chi connectivity index (χ1v) is 6.72. The van der Waals surface area contributed by atoms with E-state index in [0.717, 1.165) is 5.56 Å². The Hall–Kier alpha value is -2.15. The number of carbonyl (C=O) groups excluding carboxylic acids is 1. The van der Waals surface area contributed by atoms with Crippen LogP contribution in [0.1, 0.15) is 5.56 Å². The number of rotatable bonds is 3. The molecule has 0 unspecified atom stereocenters. The van der Waals surface area contributed by atoms with Gasteiger partial charge in [0.15, 0.2) is 0 Å². The Kier molecular flexibility index (Phi) is 4.74. The van der Waals surface area contributed by atoms with Crippen molar-refractivity contribution in [1.82, 2.24) is 9.80 Å². The van der Waals surface area contributed by atoms with Crippen LogP contribution in [0, 0.1) is 12.7 Å². The van der Waals surface area contributed by atoms with Gasteiger partial charge in [-0.05, 0) is 24.6 Å². The lowest BCUT2D eigenvalue weighted by molar-refractivity contribution is -0.138. The number of hydrogen-bond donors (Lipinski definition) is 2. The maximum Gasteiger partial charge on any atom is 0.321 e. The third-order valence-electron chi connectivity index (χ3n) is 3.46. The van der Waals surface area contributed by atoms with E-state index < -0.39 is 11.8 Å². The summed E-state index contributed by atoms with van der Waals surface area (Å²) in [6.45, 7) is 3.71. The number of nitrogens with zero attached hydrogens (tertiary/aromatic N) is 2. The topological polar surface area (TPSA) is 72.9 Å². The van der Waals surface area contributed by atoms with Gasteiger partial charge >= 0.3 is 12.0 Å². The molecule has 0 saturated carbocycles. The first kappa shape index (κ1) is 15.2. The second-order valence-corrected chi connectivity index (χ2v) is 5.05. The molecule has 7 heteroatoms. The van der Waals surface area contributed by atoms with Gasteiger partial charge < -0.3 is 15.3 Å². The van der Waals surface area contributed by atoms with Gasteiger partial charge in [0.25, 0.3) is 0 Å². The highest BCUT2D eigenvalue weighted by molar-refractivity contribution is 5.90. The molecule has 0 atom stereocenters. The predicted octanol–water partition coefficient (Wildman–Crippen LogP) is 1.37. The first-order valence-electron chi connectivity index (χ1n) is 6.72. The number of carboxylic acids is 1. The highest BCUT2D eigenvalue weighted by Crippen LogP contribution is 2.17. The summed E-state index contributed by atoms with van der Waals surface area (Å²) in [5.41, 5.74) is 1.24. The van der Waals surface area contributed by atoms with E-state index in [1.807, 2.05) is 0 Å². The van der Waals surface area contributed by atoms with Crippen LogP contribution in [-0.2, 0) is 4.79 Å². The average molecular weight is 295 g/mol. The molecular weight excluding hydrogens is 277 g/mol. The van der Waals surface area contributed by atoms with Gasteiger partial charge in [-0.2, -0.15) is 0 Å². The monoisotopic (exact) mass is 295 g/mol. The number of aliphatic carboxylic acids is 1. The number of halogens is 1. The molecule has 0 aliphatic carbocycles. The van der Waals surface area contributed by atoms with Crippen LogP contribution < -0.4 is 5.32 Å². The van der Waals surface area contributed by atoms with Crippen molar-refractivity contribution in [2.45, 2.75) is 6.92 Å². The maximum atomic E-state index is 13.2.